The summed E-state index contributed by atoms with van der Waals surface area (Å²) in [4.78, 5) is 23.7. The van der Waals surface area contributed by atoms with Crippen LogP contribution in [-0.4, -0.2) is 31.6 Å². The third kappa shape index (κ3) is 5.93. The highest BCUT2D eigenvalue weighted by Crippen LogP contribution is 2.21. The van der Waals surface area contributed by atoms with E-state index in [2.05, 4.69) is 10.6 Å². The Labute approximate surface area is 147 Å². The molecule has 0 unspecified atom stereocenters. The first-order chi connectivity index (χ1) is 12.1. The standard InChI is InChI=1S/C19H22N2O4/c1-3-24-11-12-25-18-10-5-4-9-17(18)19(23)21-16-8-6-7-15(13-16)20-14(2)22/h4-10,13H,3,11-12H2,1-2H3,(H,20,22)(H,21,23). The van der Waals surface area contributed by atoms with Gasteiger partial charge in [0.2, 0.25) is 5.91 Å². The zero-order chi connectivity index (χ0) is 18.1. The van der Waals surface area contributed by atoms with Gasteiger partial charge in [0.05, 0.1) is 12.2 Å². The molecule has 0 saturated carbocycles. The SMILES string of the molecule is CCOCCOc1ccccc1C(=O)Nc1cccc(NC(C)=O)c1. The van der Waals surface area contributed by atoms with Crippen molar-refractivity contribution in [2.24, 2.45) is 0 Å². The average molecular weight is 342 g/mol. The molecule has 2 aromatic rings. The highest BCUT2D eigenvalue weighted by Gasteiger charge is 2.12. The first-order valence-corrected chi connectivity index (χ1v) is 8.08. The normalized spacial score (nSPS) is 10.2. The van der Waals surface area contributed by atoms with Gasteiger partial charge in [0.15, 0.2) is 0 Å². The average Bonchev–Trinajstić information content (AvgIpc) is 2.59. The van der Waals surface area contributed by atoms with E-state index in [1.165, 1.54) is 6.92 Å². The summed E-state index contributed by atoms with van der Waals surface area (Å²) in [6.07, 6.45) is 0. The minimum atomic E-state index is -0.285. The highest BCUT2D eigenvalue weighted by atomic mass is 16.5. The molecule has 0 heterocycles. The first-order valence-electron chi connectivity index (χ1n) is 8.08. The van der Waals surface area contributed by atoms with Crippen LogP contribution in [0.4, 0.5) is 11.4 Å². The van der Waals surface area contributed by atoms with Gasteiger partial charge in [-0.1, -0.05) is 18.2 Å². The van der Waals surface area contributed by atoms with Gasteiger partial charge in [0.1, 0.15) is 12.4 Å². The lowest BCUT2D eigenvalue weighted by atomic mass is 10.1. The molecule has 0 aromatic heterocycles. The monoisotopic (exact) mass is 342 g/mol. The van der Waals surface area contributed by atoms with Gasteiger partial charge in [-0.15, -0.1) is 0 Å². The summed E-state index contributed by atoms with van der Waals surface area (Å²) in [5.41, 5.74) is 1.64. The Morgan fingerprint density at radius 1 is 0.960 bits per heavy atom. The van der Waals surface area contributed by atoms with Crippen molar-refractivity contribution in [1.29, 1.82) is 0 Å². The minimum absolute atomic E-state index is 0.170. The molecule has 6 heteroatoms. The summed E-state index contributed by atoms with van der Waals surface area (Å²) < 4.78 is 10.9. The van der Waals surface area contributed by atoms with Gasteiger partial charge < -0.3 is 20.1 Å². The van der Waals surface area contributed by atoms with Crippen LogP contribution < -0.4 is 15.4 Å². The molecule has 132 valence electrons. The van der Waals surface area contributed by atoms with Gasteiger partial charge in [-0.3, -0.25) is 9.59 Å². The largest absolute Gasteiger partial charge is 0.490 e. The summed E-state index contributed by atoms with van der Waals surface area (Å²) in [6, 6.07) is 14.0. The fourth-order valence-electron chi connectivity index (χ4n) is 2.21. The van der Waals surface area contributed by atoms with Crippen molar-refractivity contribution in [3.05, 3.63) is 54.1 Å². The van der Waals surface area contributed by atoms with Crippen molar-refractivity contribution in [2.45, 2.75) is 13.8 Å². The molecular formula is C19H22N2O4. The Hall–Kier alpha value is -2.86. The Morgan fingerprint density at radius 3 is 2.40 bits per heavy atom. The summed E-state index contributed by atoms with van der Waals surface area (Å²) in [6.45, 7) is 4.80. The Bertz CT molecular complexity index is 731. The van der Waals surface area contributed by atoms with E-state index in [0.717, 1.165) is 0 Å². The number of hydrogen-bond donors (Lipinski definition) is 2. The fraction of sp³-hybridized carbons (Fsp3) is 0.263. The van der Waals surface area contributed by atoms with E-state index in [-0.39, 0.29) is 11.8 Å². The molecule has 0 fully saturated rings. The maximum atomic E-state index is 12.5. The van der Waals surface area contributed by atoms with E-state index < -0.39 is 0 Å². The van der Waals surface area contributed by atoms with Crippen LogP contribution in [0.1, 0.15) is 24.2 Å². The number of para-hydroxylation sites is 1. The molecule has 2 aromatic carbocycles. The van der Waals surface area contributed by atoms with Gasteiger partial charge >= 0.3 is 0 Å². The summed E-state index contributed by atoms with van der Waals surface area (Å²) in [5, 5.41) is 5.49. The number of carbonyl (C=O) groups excluding carboxylic acids is 2. The van der Waals surface area contributed by atoms with E-state index >= 15 is 0 Å². The quantitative estimate of drug-likeness (QED) is 0.722. The van der Waals surface area contributed by atoms with Crippen LogP contribution in [0.3, 0.4) is 0 Å². The van der Waals surface area contributed by atoms with Gasteiger partial charge in [0, 0.05) is 24.9 Å². The second kappa shape index (κ2) is 9.44. The van der Waals surface area contributed by atoms with Gasteiger partial charge in [-0.25, -0.2) is 0 Å². The number of anilines is 2. The number of benzene rings is 2. The third-order valence-corrected chi connectivity index (χ3v) is 3.26. The number of ether oxygens (including phenoxy) is 2. The lowest BCUT2D eigenvalue weighted by molar-refractivity contribution is -0.114. The molecule has 0 radical (unpaired) electrons. The van der Waals surface area contributed by atoms with Crippen LogP contribution in [0, 0.1) is 0 Å². The lowest BCUT2D eigenvalue weighted by Crippen LogP contribution is -2.15. The molecule has 2 N–H and O–H groups in total. The molecule has 0 atom stereocenters. The topological polar surface area (TPSA) is 76.7 Å². The van der Waals surface area contributed by atoms with Crippen LogP contribution in [-0.2, 0) is 9.53 Å². The number of rotatable bonds is 8. The second-order valence-electron chi connectivity index (χ2n) is 5.26. The summed E-state index contributed by atoms with van der Waals surface area (Å²) >= 11 is 0. The van der Waals surface area contributed by atoms with Crippen LogP contribution in [0.25, 0.3) is 0 Å². The molecule has 25 heavy (non-hydrogen) atoms. The van der Waals surface area contributed by atoms with Crippen molar-refractivity contribution in [2.75, 3.05) is 30.5 Å². The lowest BCUT2D eigenvalue weighted by Gasteiger charge is -2.12. The number of hydrogen-bond acceptors (Lipinski definition) is 4. The minimum Gasteiger partial charge on any atom is -0.490 e. The van der Waals surface area contributed by atoms with E-state index in [1.54, 1.807) is 42.5 Å². The maximum absolute atomic E-state index is 12.5. The highest BCUT2D eigenvalue weighted by molar-refractivity contribution is 6.06. The second-order valence-corrected chi connectivity index (χ2v) is 5.26. The van der Waals surface area contributed by atoms with E-state index in [9.17, 15) is 9.59 Å². The third-order valence-electron chi connectivity index (χ3n) is 3.26. The van der Waals surface area contributed by atoms with Crippen molar-refractivity contribution in [1.82, 2.24) is 0 Å². The number of carbonyl (C=O) groups is 2. The van der Waals surface area contributed by atoms with Gasteiger partial charge in [-0.05, 0) is 37.3 Å². The summed E-state index contributed by atoms with van der Waals surface area (Å²) in [5.74, 6) is 0.0428. The van der Waals surface area contributed by atoms with Crippen molar-refractivity contribution in [3.63, 3.8) is 0 Å². The van der Waals surface area contributed by atoms with Crippen molar-refractivity contribution < 1.29 is 19.1 Å². The molecule has 0 aliphatic carbocycles. The molecule has 0 saturated heterocycles. The summed E-state index contributed by atoms with van der Waals surface area (Å²) in [7, 11) is 0. The molecule has 2 rings (SSSR count). The van der Waals surface area contributed by atoms with E-state index in [4.69, 9.17) is 9.47 Å². The zero-order valence-electron chi connectivity index (χ0n) is 14.4. The van der Waals surface area contributed by atoms with Crippen LogP contribution in [0.5, 0.6) is 5.75 Å². The molecule has 2 amide bonds. The molecule has 6 nitrogen and oxygen atoms in total. The molecule has 0 spiro atoms. The predicted octanol–water partition coefficient (Wildman–Crippen LogP) is 3.31. The Morgan fingerprint density at radius 2 is 1.68 bits per heavy atom. The number of nitrogens with one attached hydrogen (secondary N) is 2. The van der Waals surface area contributed by atoms with Crippen LogP contribution in [0.15, 0.2) is 48.5 Å². The molecule has 0 aliphatic rings. The van der Waals surface area contributed by atoms with Gasteiger partial charge in [-0.2, -0.15) is 0 Å². The van der Waals surface area contributed by atoms with Crippen molar-refractivity contribution >= 4 is 23.2 Å². The molecular weight excluding hydrogens is 320 g/mol. The van der Waals surface area contributed by atoms with Crippen LogP contribution >= 0.6 is 0 Å². The zero-order valence-corrected chi connectivity index (χ0v) is 14.4. The fourth-order valence-corrected chi connectivity index (χ4v) is 2.21. The van der Waals surface area contributed by atoms with Crippen LogP contribution in [0.2, 0.25) is 0 Å². The predicted molar refractivity (Wildman–Crippen MR) is 97.1 cm³/mol. The maximum Gasteiger partial charge on any atom is 0.259 e. The molecule has 0 bridgehead atoms. The van der Waals surface area contributed by atoms with E-state index in [0.29, 0.717) is 42.5 Å². The first kappa shape index (κ1) is 18.5. The Balaban J connectivity index is 2.06. The smallest absolute Gasteiger partial charge is 0.259 e. The van der Waals surface area contributed by atoms with Crippen molar-refractivity contribution in [3.8, 4) is 5.75 Å². The molecule has 0 aliphatic heterocycles. The Kier molecular flexibility index (Phi) is 6.98. The van der Waals surface area contributed by atoms with Gasteiger partial charge in [0.25, 0.3) is 5.91 Å². The van der Waals surface area contributed by atoms with E-state index in [1.807, 2.05) is 13.0 Å². The number of amides is 2.